The van der Waals surface area contributed by atoms with Crippen LogP contribution in [-0.4, -0.2) is 47.8 Å². The molecule has 1 rings (SSSR count). The lowest BCUT2D eigenvalue weighted by Crippen LogP contribution is -2.53. The topological polar surface area (TPSA) is 49.8 Å². The predicted molar refractivity (Wildman–Crippen MR) is 71.3 cm³/mol. The number of hydrogen-bond acceptors (Lipinski definition) is 4. The van der Waals surface area contributed by atoms with Gasteiger partial charge in [-0.25, -0.2) is 0 Å². The number of esters is 1. The summed E-state index contributed by atoms with van der Waals surface area (Å²) < 4.78 is 5.26. The summed E-state index contributed by atoms with van der Waals surface area (Å²) in [7, 11) is 0. The molecule has 1 aliphatic rings. The fourth-order valence-corrected chi connectivity index (χ4v) is 2.62. The molecule has 0 radical (unpaired) electrons. The molecule has 1 N–H and O–H groups in total. The van der Waals surface area contributed by atoms with E-state index in [1.54, 1.807) is 0 Å². The lowest BCUT2D eigenvalue weighted by atomic mass is 9.90. The van der Waals surface area contributed by atoms with Crippen molar-refractivity contribution >= 4 is 5.97 Å². The lowest BCUT2D eigenvalue weighted by Gasteiger charge is -2.41. The zero-order valence-electron chi connectivity index (χ0n) is 11.9. The minimum atomic E-state index is -0.248. The van der Waals surface area contributed by atoms with E-state index >= 15 is 0 Å². The lowest BCUT2D eigenvalue weighted by molar-refractivity contribution is -0.152. The number of piperidine rings is 1. The first kappa shape index (κ1) is 15.4. The second kappa shape index (κ2) is 7.74. The Hall–Kier alpha value is -0.610. The highest BCUT2D eigenvalue weighted by Gasteiger charge is 2.34. The number of ether oxygens (including phenoxy) is 1. The average molecular weight is 257 g/mol. The zero-order chi connectivity index (χ0) is 13.5. The van der Waals surface area contributed by atoms with Crippen molar-refractivity contribution in [2.24, 2.45) is 5.92 Å². The summed E-state index contributed by atoms with van der Waals surface area (Å²) in [6, 6.07) is -0.158. The summed E-state index contributed by atoms with van der Waals surface area (Å²) in [6.07, 6.45) is 4.16. The van der Waals surface area contributed by atoms with E-state index in [2.05, 4.69) is 18.7 Å². The summed E-state index contributed by atoms with van der Waals surface area (Å²) in [5.41, 5.74) is 0. The molecule has 3 unspecified atom stereocenters. The maximum absolute atomic E-state index is 11.9. The van der Waals surface area contributed by atoms with Gasteiger partial charge in [0.15, 0.2) is 0 Å². The minimum absolute atomic E-state index is 0.0903. The van der Waals surface area contributed by atoms with Crippen LogP contribution in [0.4, 0.5) is 0 Å². The van der Waals surface area contributed by atoms with E-state index in [1.807, 2.05) is 6.92 Å². The fourth-order valence-electron chi connectivity index (χ4n) is 2.62. The molecule has 1 aliphatic heterocycles. The normalized spacial score (nSPS) is 26.9. The number of nitrogens with zero attached hydrogens (tertiary/aromatic N) is 1. The average Bonchev–Trinajstić information content (AvgIpc) is 2.37. The van der Waals surface area contributed by atoms with Crippen LogP contribution < -0.4 is 0 Å². The second-order valence-corrected chi connectivity index (χ2v) is 5.30. The first-order valence-corrected chi connectivity index (χ1v) is 7.15. The third-order valence-electron chi connectivity index (χ3n) is 3.93. The molecule has 1 fully saturated rings. The molecule has 18 heavy (non-hydrogen) atoms. The molecule has 0 aromatic rings. The van der Waals surface area contributed by atoms with Crippen LogP contribution >= 0.6 is 0 Å². The van der Waals surface area contributed by atoms with E-state index in [1.165, 1.54) is 0 Å². The van der Waals surface area contributed by atoms with E-state index in [0.717, 1.165) is 32.2 Å². The maximum Gasteiger partial charge on any atom is 0.323 e. The minimum Gasteiger partial charge on any atom is -0.465 e. The first-order valence-electron chi connectivity index (χ1n) is 7.15. The highest BCUT2D eigenvalue weighted by Crippen LogP contribution is 2.25. The molecule has 0 bridgehead atoms. The van der Waals surface area contributed by atoms with Crippen molar-refractivity contribution in [1.29, 1.82) is 0 Å². The Bertz CT molecular complexity index is 257. The van der Waals surface area contributed by atoms with Gasteiger partial charge in [0.05, 0.1) is 13.2 Å². The van der Waals surface area contributed by atoms with E-state index in [0.29, 0.717) is 12.5 Å². The number of aliphatic hydroxyl groups is 1. The molecule has 1 saturated heterocycles. The number of carbonyl (C=O) groups is 1. The quantitative estimate of drug-likeness (QED) is 0.582. The van der Waals surface area contributed by atoms with E-state index < -0.39 is 0 Å². The van der Waals surface area contributed by atoms with Gasteiger partial charge in [-0.05, 0) is 38.6 Å². The van der Waals surface area contributed by atoms with Gasteiger partial charge in [0, 0.05) is 6.04 Å². The summed E-state index contributed by atoms with van der Waals surface area (Å²) in [5, 5.41) is 9.48. The Balaban J connectivity index is 2.52. The standard InChI is InChI=1S/C14H27NO3/c1-4-5-9-18-14(17)12(3)15-8-6-7-11(2)13(15)10-16/h11-13,16H,4-10H2,1-3H3. The van der Waals surface area contributed by atoms with Crippen LogP contribution in [0.25, 0.3) is 0 Å². The largest absolute Gasteiger partial charge is 0.465 e. The molecule has 0 aromatic heterocycles. The number of likely N-dealkylation sites (tertiary alicyclic amines) is 1. The highest BCUT2D eigenvalue weighted by molar-refractivity contribution is 5.75. The fraction of sp³-hybridized carbons (Fsp3) is 0.929. The van der Waals surface area contributed by atoms with E-state index in [9.17, 15) is 9.90 Å². The number of unbranched alkanes of at least 4 members (excludes halogenated alkanes) is 1. The SMILES string of the molecule is CCCCOC(=O)C(C)N1CCCC(C)C1CO. The van der Waals surface area contributed by atoms with Gasteiger partial charge in [0.2, 0.25) is 0 Å². The van der Waals surface area contributed by atoms with Crippen molar-refractivity contribution in [2.45, 2.75) is 58.5 Å². The molecule has 4 heteroatoms. The Labute approximate surface area is 110 Å². The molecule has 0 saturated carbocycles. The molecule has 0 spiro atoms. The third kappa shape index (κ3) is 3.95. The van der Waals surface area contributed by atoms with Crippen LogP contribution in [0.2, 0.25) is 0 Å². The predicted octanol–water partition coefficient (Wildman–Crippen LogP) is 1.81. The van der Waals surface area contributed by atoms with Crippen molar-refractivity contribution in [1.82, 2.24) is 4.90 Å². The van der Waals surface area contributed by atoms with Crippen molar-refractivity contribution in [2.75, 3.05) is 19.8 Å². The number of carbonyl (C=O) groups excluding carboxylic acids is 1. The second-order valence-electron chi connectivity index (χ2n) is 5.30. The van der Waals surface area contributed by atoms with Gasteiger partial charge in [-0.15, -0.1) is 0 Å². The van der Waals surface area contributed by atoms with Crippen molar-refractivity contribution in [3.05, 3.63) is 0 Å². The summed E-state index contributed by atoms with van der Waals surface area (Å²) in [4.78, 5) is 14.0. The van der Waals surface area contributed by atoms with Gasteiger partial charge in [-0.1, -0.05) is 20.3 Å². The number of aliphatic hydroxyl groups excluding tert-OH is 1. The van der Waals surface area contributed by atoms with E-state index in [4.69, 9.17) is 4.74 Å². The Morgan fingerprint density at radius 2 is 2.28 bits per heavy atom. The smallest absolute Gasteiger partial charge is 0.323 e. The van der Waals surface area contributed by atoms with Gasteiger partial charge >= 0.3 is 5.97 Å². The zero-order valence-corrected chi connectivity index (χ0v) is 11.9. The summed E-state index contributed by atoms with van der Waals surface area (Å²) >= 11 is 0. The van der Waals surface area contributed by atoms with Crippen molar-refractivity contribution in [3.63, 3.8) is 0 Å². The van der Waals surface area contributed by atoms with Gasteiger partial charge in [-0.2, -0.15) is 0 Å². The summed E-state index contributed by atoms with van der Waals surface area (Å²) in [5.74, 6) is 0.283. The van der Waals surface area contributed by atoms with Crippen LogP contribution in [-0.2, 0) is 9.53 Å². The van der Waals surface area contributed by atoms with Crippen LogP contribution in [0, 0.1) is 5.92 Å². The van der Waals surface area contributed by atoms with Crippen LogP contribution in [0.5, 0.6) is 0 Å². The molecule has 1 heterocycles. The monoisotopic (exact) mass is 257 g/mol. The molecule has 0 aliphatic carbocycles. The Morgan fingerprint density at radius 1 is 1.56 bits per heavy atom. The van der Waals surface area contributed by atoms with Gasteiger partial charge in [0.25, 0.3) is 0 Å². The van der Waals surface area contributed by atoms with Gasteiger partial charge < -0.3 is 9.84 Å². The molecule has 0 aromatic carbocycles. The maximum atomic E-state index is 11.9. The van der Waals surface area contributed by atoms with Crippen LogP contribution in [0.15, 0.2) is 0 Å². The molecule has 3 atom stereocenters. The molecule has 106 valence electrons. The number of rotatable bonds is 6. The molecule has 4 nitrogen and oxygen atoms in total. The highest BCUT2D eigenvalue weighted by atomic mass is 16.5. The molecular weight excluding hydrogens is 230 g/mol. The van der Waals surface area contributed by atoms with Crippen molar-refractivity contribution < 1.29 is 14.6 Å². The molecule has 0 amide bonds. The summed E-state index contributed by atoms with van der Waals surface area (Å²) in [6.45, 7) is 7.60. The Morgan fingerprint density at radius 3 is 2.89 bits per heavy atom. The van der Waals surface area contributed by atoms with Crippen LogP contribution in [0.3, 0.4) is 0 Å². The van der Waals surface area contributed by atoms with E-state index in [-0.39, 0.29) is 24.7 Å². The Kier molecular flexibility index (Phi) is 6.65. The number of hydrogen-bond donors (Lipinski definition) is 1. The van der Waals surface area contributed by atoms with Crippen LogP contribution in [0.1, 0.15) is 46.5 Å². The third-order valence-corrected chi connectivity index (χ3v) is 3.93. The first-order chi connectivity index (χ1) is 8.61. The van der Waals surface area contributed by atoms with Crippen molar-refractivity contribution in [3.8, 4) is 0 Å². The van der Waals surface area contributed by atoms with Gasteiger partial charge in [-0.3, -0.25) is 9.69 Å². The van der Waals surface area contributed by atoms with Gasteiger partial charge in [0.1, 0.15) is 6.04 Å². The molecular formula is C14H27NO3.